The summed E-state index contributed by atoms with van der Waals surface area (Å²) in [5.41, 5.74) is -0.945. The van der Waals surface area contributed by atoms with Gasteiger partial charge in [-0.15, -0.1) is 0 Å². The lowest BCUT2D eigenvalue weighted by Gasteiger charge is -2.43. The summed E-state index contributed by atoms with van der Waals surface area (Å²) < 4.78 is 9.70. The summed E-state index contributed by atoms with van der Waals surface area (Å²) in [5, 5.41) is 2.63. The maximum Gasteiger partial charge on any atom is 0.509 e. The summed E-state index contributed by atoms with van der Waals surface area (Å²) in [4.78, 5) is 33.3. The van der Waals surface area contributed by atoms with Gasteiger partial charge in [-0.05, 0) is 13.8 Å². The normalized spacial score (nSPS) is 37.1. The molecule has 6 nitrogen and oxygen atoms in total. The van der Waals surface area contributed by atoms with Crippen LogP contribution in [0.1, 0.15) is 20.3 Å². The first-order valence-corrected chi connectivity index (χ1v) is 5.08. The average molecular weight is 227 g/mol. The minimum Gasteiger partial charge on any atom is -0.430 e. The number of hydrogen-bond donors (Lipinski definition) is 1. The third-order valence-electron chi connectivity index (χ3n) is 2.97. The topological polar surface area (TPSA) is 81.7 Å². The Morgan fingerprint density at radius 3 is 2.69 bits per heavy atom. The molecule has 1 N–H and O–H groups in total. The largest absolute Gasteiger partial charge is 0.509 e. The summed E-state index contributed by atoms with van der Waals surface area (Å²) in [6, 6.07) is -0.260. The van der Waals surface area contributed by atoms with Crippen LogP contribution >= 0.6 is 0 Å². The molecule has 3 unspecified atom stereocenters. The van der Waals surface area contributed by atoms with Crippen molar-refractivity contribution in [3.63, 3.8) is 0 Å². The van der Waals surface area contributed by atoms with Crippen molar-refractivity contribution in [2.45, 2.75) is 31.9 Å². The predicted octanol–water partition coefficient (Wildman–Crippen LogP) is 0.00560. The van der Waals surface area contributed by atoms with Crippen molar-refractivity contribution in [3.8, 4) is 0 Å². The summed E-state index contributed by atoms with van der Waals surface area (Å²) in [5.74, 6) is -0.709. The highest BCUT2D eigenvalue weighted by molar-refractivity contribution is 5.90. The van der Waals surface area contributed by atoms with Gasteiger partial charge in [0.1, 0.15) is 18.3 Å². The Labute approximate surface area is 92.3 Å². The molecule has 0 aliphatic carbocycles. The quantitative estimate of drug-likeness (QED) is 0.542. The molecule has 2 fully saturated rings. The first-order chi connectivity index (χ1) is 7.42. The number of β-lactam (4-membered cyclic amide) rings is 1. The lowest BCUT2D eigenvalue weighted by molar-refractivity contribution is -0.147. The smallest absolute Gasteiger partial charge is 0.430 e. The molecule has 2 saturated heterocycles. The van der Waals surface area contributed by atoms with Crippen LogP contribution < -0.4 is 5.32 Å². The van der Waals surface area contributed by atoms with E-state index in [9.17, 15) is 14.4 Å². The molecule has 2 rings (SSSR count). The highest BCUT2D eigenvalue weighted by Crippen LogP contribution is 2.36. The van der Waals surface area contributed by atoms with E-state index in [0.29, 0.717) is 0 Å². The number of amides is 1. The van der Waals surface area contributed by atoms with Crippen molar-refractivity contribution < 1.29 is 23.9 Å². The fraction of sp³-hybridized carbons (Fsp3) is 0.700. The van der Waals surface area contributed by atoms with E-state index in [0.717, 1.165) is 0 Å². The molecule has 0 radical (unpaired) electrons. The van der Waals surface area contributed by atoms with E-state index in [2.05, 4.69) is 5.32 Å². The number of ketones is 1. The molecule has 88 valence electrons. The van der Waals surface area contributed by atoms with E-state index in [4.69, 9.17) is 9.47 Å². The van der Waals surface area contributed by atoms with Crippen molar-refractivity contribution in [2.75, 3.05) is 6.61 Å². The van der Waals surface area contributed by atoms with Gasteiger partial charge in [-0.2, -0.15) is 0 Å². The Kier molecular flexibility index (Phi) is 2.36. The van der Waals surface area contributed by atoms with E-state index in [1.54, 1.807) is 6.92 Å². The predicted molar refractivity (Wildman–Crippen MR) is 51.6 cm³/mol. The second-order valence-electron chi connectivity index (χ2n) is 4.45. The summed E-state index contributed by atoms with van der Waals surface area (Å²) in [6.45, 7) is 3.16. The molecule has 2 heterocycles. The van der Waals surface area contributed by atoms with Crippen LogP contribution in [0.5, 0.6) is 0 Å². The molecule has 0 aromatic heterocycles. The van der Waals surface area contributed by atoms with E-state index < -0.39 is 17.7 Å². The molecular weight excluding hydrogens is 214 g/mol. The van der Waals surface area contributed by atoms with Gasteiger partial charge in [0.05, 0.1) is 6.04 Å². The maximum atomic E-state index is 11.5. The Bertz CT molecular complexity index is 366. The molecule has 0 saturated carbocycles. The first-order valence-electron chi connectivity index (χ1n) is 5.08. The number of carbonyl (C=O) groups is 3. The molecule has 0 aromatic carbocycles. The van der Waals surface area contributed by atoms with Crippen molar-refractivity contribution in [1.82, 2.24) is 5.32 Å². The molecule has 3 atom stereocenters. The van der Waals surface area contributed by atoms with Crippen molar-refractivity contribution in [2.24, 2.45) is 5.92 Å². The number of ether oxygens (including phenoxy) is 2. The van der Waals surface area contributed by atoms with Gasteiger partial charge < -0.3 is 14.8 Å². The SMILES string of the molecule is CC(=O)CC1NC(=O)C1C1(C)COC(=O)O1. The molecule has 0 bridgehead atoms. The standard InChI is InChI=1S/C10H13NO5/c1-5(12)3-6-7(8(13)11-6)10(2)4-15-9(14)16-10/h6-7H,3-4H2,1-2H3,(H,11,13). The second kappa shape index (κ2) is 3.47. The van der Waals surface area contributed by atoms with Gasteiger partial charge in [0.15, 0.2) is 5.60 Å². The van der Waals surface area contributed by atoms with Crippen LogP contribution in [0, 0.1) is 5.92 Å². The number of cyclic esters (lactones) is 2. The van der Waals surface area contributed by atoms with Gasteiger partial charge in [-0.1, -0.05) is 0 Å². The van der Waals surface area contributed by atoms with Crippen LogP contribution in [-0.4, -0.2) is 36.1 Å². The number of Topliss-reactive ketones (excluding diaryl/α,β-unsaturated/α-hetero) is 1. The van der Waals surface area contributed by atoms with Gasteiger partial charge in [0, 0.05) is 6.42 Å². The van der Waals surface area contributed by atoms with Gasteiger partial charge in [0.2, 0.25) is 5.91 Å². The molecule has 0 spiro atoms. The van der Waals surface area contributed by atoms with E-state index in [1.165, 1.54) is 6.92 Å². The van der Waals surface area contributed by atoms with Gasteiger partial charge in [-0.25, -0.2) is 4.79 Å². The zero-order valence-electron chi connectivity index (χ0n) is 9.11. The lowest BCUT2D eigenvalue weighted by atomic mass is 9.75. The zero-order chi connectivity index (χ0) is 11.9. The van der Waals surface area contributed by atoms with E-state index >= 15 is 0 Å². The Morgan fingerprint density at radius 2 is 2.25 bits per heavy atom. The van der Waals surface area contributed by atoms with Crippen LogP contribution in [0.25, 0.3) is 0 Å². The number of nitrogens with one attached hydrogen (secondary N) is 1. The highest BCUT2D eigenvalue weighted by Gasteiger charge is 2.57. The molecule has 2 aliphatic rings. The van der Waals surface area contributed by atoms with Crippen LogP contribution in [-0.2, 0) is 19.1 Å². The van der Waals surface area contributed by atoms with Gasteiger partial charge >= 0.3 is 6.16 Å². The molecule has 16 heavy (non-hydrogen) atoms. The minimum atomic E-state index is -0.945. The molecule has 0 aromatic rings. The van der Waals surface area contributed by atoms with Crippen molar-refractivity contribution in [1.29, 1.82) is 0 Å². The third-order valence-corrected chi connectivity index (χ3v) is 2.97. The summed E-state index contributed by atoms with van der Waals surface area (Å²) >= 11 is 0. The first kappa shape index (κ1) is 10.9. The average Bonchev–Trinajstić information content (AvgIpc) is 2.43. The van der Waals surface area contributed by atoms with Crippen LogP contribution in [0.4, 0.5) is 4.79 Å². The molecule has 1 amide bonds. The monoisotopic (exact) mass is 227 g/mol. The maximum absolute atomic E-state index is 11.5. The minimum absolute atomic E-state index is 0.0103. The number of rotatable bonds is 3. The van der Waals surface area contributed by atoms with Crippen LogP contribution in [0.3, 0.4) is 0 Å². The lowest BCUT2D eigenvalue weighted by Crippen LogP contribution is -2.67. The van der Waals surface area contributed by atoms with E-state index in [1.807, 2.05) is 0 Å². The summed E-state index contributed by atoms with van der Waals surface area (Å²) in [7, 11) is 0. The van der Waals surface area contributed by atoms with Crippen molar-refractivity contribution >= 4 is 17.8 Å². The zero-order valence-corrected chi connectivity index (χ0v) is 9.11. The number of carbonyl (C=O) groups excluding carboxylic acids is 3. The Hall–Kier alpha value is -1.59. The highest BCUT2D eigenvalue weighted by atomic mass is 16.8. The van der Waals surface area contributed by atoms with Crippen molar-refractivity contribution in [3.05, 3.63) is 0 Å². The van der Waals surface area contributed by atoms with Crippen LogP contribution in [0.2, 0.25) is 0 Å². The molecule has 6 heteroatoms. The van der Waals surface area contributed by atoms with Crippen LogP contribution in [0.15, 0.2) is 0 Å². The Balaban J connectivity index is 2.09. The van der Waals surface area contributed by atoms with E-state index in [-0.39, 0.29) is 30.8 Å². The van der Waals surface area contributed by atoms with Gasteiger partial charge in [-0.3, -0.25) is 9.59 Å². The van der Waals surface area contributed by atoms with Gasteiger partial charge in [0.25, 0.3) is 0 Å². The molecule has 2 aliphatic heterocycles. The molecular formula is C10H13NO5. The second-order valence-corrected chi connectivity index (χ2v) is 4.45. The third kappa shape index (κ3) is 1.64. The fourth-order valence-electron chi connectivity index (χ4n) is 2.23. The fourth-order valence-corrected chi connectivity index (χ4v) is 2.23. The number of hydrogen-bond acceptors (Lipinski definition) is 5. The Morgan fingerprint density at radius 1 is 1.56 bits per heavy atom. The summed E-state index contributed by atoms with van der Waals surface area (Å²) in [6.07, 6.45) is -0.507.